The van der Waals surface area contributed by atoms with Crippen LogP contribution in [-0.4, -0.2) is 22.4 Å². The van der Waals surface area contributed by atoms with Crippen molar-refractivity contribution in [3.05, 3.63) is 36.4 Å². The Bertz CT molecular complexity index is 533. The molecule has 18 heavy (non-hydrogen) atoms. The van der Waals surface area contributed by atoms with E-state index in [0.29, 0.717) is 12.4 Å². The molecule has 0 saturated heterocycles. The fourth-order valence-corrected chi connectivity index (χ4v) is 1.73. The number of aryl methyl sites for hydroxylation is 1. The van der Waals surface area contributed by atoms with Gasteiger partial charge in [0, 0.05) is 19.7 Å². The van der Waals surface area contributed by atoms with E-state index in [1.54, 1.807) is 4.68 Å². The van der Waals surface area contributed by atoms with Crippen molar-refractivity contribution in [1.82, 2.24) is 15.1 Å². The van der Waals surface area contributed by atoms with Gasteiger partial charge in [0.05, 0.1) is 5.69 Å². The SMILES string of the molecule is CCNC(=O)Nc1cc(-c2ccccc2)n(C)n1. The van der Waals surface area contributed by atoms with Crippen LogP contribution < -0.4 is 10.6 Å². The van der Waals surface area contributed by atoms with Crippen molar-refractivity contribution in [2.75, 3.05) is 11.9 Å². The average Bonchev–Trinajstić information content (AvgIpc) is 2.71. The molecule has 0 fully saturated rings. The average molecular weight is 244 g/mol. The van der Waals surface area contributed by atoms with Gasteiger partial charge < -0.3 is 5.32 Å². The molecule has 1 heterocycles. The van der Waals surface area contributed by atoms with Gasteiger partial charge in [-0.05, 0) is 12.5 Å². The summed E-state index contributed by atoms with van der Waals surface area (Å²) in [5.74, 6) is 0.544. The number of hydrogen-bond donors (Lipinski definition) is 2. The second-order valence-electron chi connectivity index (χ2n) is 3.89. The third kappa shape index (κ3) is 2.68. The van der Waals surface area contributed by atoms with E-state index >= 15 is 0 Å². The number of nitrogens with zero attached hydrogens (tertiary/aromatic N) is 2. The Morgan fingerprint density at radius 2 is 2.06 bits per heavy atom. The van der Waals surface area contributed by atoms with Crippen molar-refractivity contribution in [3.8, 4) is 11.3 Å². The third-order valence-electron chi connectivity index (χ3n) is 2.53. The number of carbonyl (C=O) groups is 1. The van der Waals surface area contributed by atoms with Crippen molar-refractivity contribution in [2.24, 2.45) is 7.05 Å². The monoisotopic (exact) mass is 244 g/mol. The van der Waals surface area contributed by atoms with Crippen LogP contribution in [0.4, 0.5) is 10.6 Å². The van der Waals surface area contributed by atoms with Crippen molar-refractivity contribution < 1.29 is 4.79 Å². The van der Waals surface area contributed by atoms with E-state index in [1.807, 2.05) is 50.4 Å². The molecule has 1 aromatic heterocycles. The van der Waals surface area contributed by atoms with Crippen molar-refractivity contribution in [2.45, 2.75) is 6.92 Å². The van der Waals surface area contributed by atoms with Crippen LogP contribution in [0.25, 0.3) is 11.3 Å². The predicted octanol–water partition coefficient (Wildman–Crippen LogP) is 2.23. The summed E-state index contributed by atoms with van der Waals surface area (Å²) in [7, 11) is 1.85. The number of benzene rings is 1. The molecule has 0 atom stereocenters. The van der Waals surface area contributed by atoms with Gasteiger partial charge in [-0.15, -0.1) is 0 Å². The van der Waals surface area contributed by atoms with Gasteiger partial charge in [0.1, 0.15) is 0 Å². The predicted molar refractivity (Wildman–Crippen MR) is 71.3 cm³/mol. The number of hydrogen-bond acceptors (Lipinski definition) is 2. The largest absolute Gasteiger partial charge is 0.338 e. The van der Waals surface area contributed by atoms with E-state index in [-0.39, 0.29) is 6.03 Å². The maximum Gasteiger partial charge on any atom is 0.320 e. The molecule has 1 aromatic carbocycles. The van der Waals surface area contributed by atoms with Crippen LogP contribution in [0.3, 0.4) is 0 Å². The quantitative estimate of drug-likeness (QED) is 0.869. The van der Waals surface area contributed by atoms with Gasteiger partial charge in [0.2, 0.25) is 0 Å². The Balaban J connectivity index is 2.20. The first-order valence-corrected chi connectivity index (χ1v) is 5.85. The van der Waals surface area contributed by atoms with Crippen molar-refractivity contribution in [3.63, 3.8) is 0 Å². The maximum atomic E-state index is 11.4. The van der Waals surface area contributed by atoms with Gasteiger partial charge in [-0.25, -0.2) is 4.79 Å². The molecule has 0 radical (unpaired) electrons. The van der Waals surface area contributed by atoms with Crippen LogP contribution >= 0.6 is 0 Å². The lowest BCUT2D eigenvalue weighted by molar-refractivity contribution is 0.252. The zero-order valence-corrected chi connectivity index (χ0v) is 10.5. The molecule has 2 amide bonds. The Morgan fingerprint density at radius 1 is 1.33 bits per heavy atom. The standard InChI is InChI=1S/C13H16N4O/c1-3-14-13(18)15-12-9-11(17(2)16-12)10-7-5-4-6-8-10/h4-9H,3H2,1-2H3,(H2,14,15,16,18). The number of urea groups is 1. The van der Waals surface area contributed by atoms with Gasteiger partial charge in [0.15, 0.2) is 5.82 Å². The minimum absolute atomic E-state index is 0.241. The molecule has 0 spiro atoms. The number of nitrogens with one attached hydrogen (secondary N) is 2. The van der Waals surface area contributed by atoms with Crippen LogP contribution in [0.2, 0.25) is 0 Å². The van der Waals surface area contributed by atoms with E-state index in [2.05, 4.69) is 15.7 Å². The lowest BCUT2D eigenvalue weighted by Gasteiger charge is -2.00. The van der Waals surface area contributed by atoms with Gasteiger partial charge >= 0.3 is 6.03 Å². The highest BCUT2D eigenvalue weighted by Gasteiger charge is 2.08. The van der Waals surface area contributed by atoms with Crippen molar-refractivity contribution in [1.29, 1.82) is 0 Å². The fourth-order valence-electron chi connectivity index (χ4n) is 1.73. The minimum atomic E-state index is -0.241. The number of amides is 2. The van der Waals surface area contributed by atoms with E-state index < -0.39 is 0 Å². The Kier molecular flexibility index (Phi) is 3.62. The summed E-state index contributed by atoms with van der Waals surface area (Å²) in [5, 5.41) is 9.61. The summed E-state index contributed by atoms with van der Waals surface area (Å²) in [6.07, 6.45) is 0. The Hall–Kier alpha value is -2.30. The van der Waals surface area contributed by atoms with E-state index in [1.165, 1.54) is 0 Å². The number of anilines is 1. The maximum absolute atomic E-state index is 11.4. The molecular weight excluding hydrogens is 228 g/mol. The van der Waals surface area contributed by atoms with Crippen LogP contribution in [0.5, 0.6) is 0 Å². The normalized spacial score (nSPS) is 10.1. The van der Waals surface area contributed by atoms with Crippen LogP contribution in [0, 0.1) is 0 Å². The van der Waals surface area contributed by atoms with Crippen LogP contribution in [0.15, 0.2) is 36.4 Å². The topological polar surface area (TPSA) is 59.0 Å². The van der Waals surface area contributed by atoms with E-state index in [9.17, 15) is 4.79 Å². The Labute approximate surface area is 106 Å². The molecule has 0 bridgehead atoms. The summed E-state index contributed by atoms with van der Waals surface area (Å²) >= 11 is 0. The lowest BCUT2D eigenvalue weighted by atomic mass is 10.1. The highest BCUT2D eigenvalue weighted by atomic mass is 16.2. The second kappa shape index (κ2) is 5.35. The highest BCUT2D eigenvalue weighted by Crippen LogP contribution is 2.21. The molecule has 2 rings (SSSR count). The summed E-state index contributed by atoms with van der Waals surface area (Å²) in [6, 6.07) is 11.5. The van der Waals surface area contributed by atoms with Gasteiger partial charge in [0.25, 0.3) is 0 Å². The number of rotatable bonds is 3. The first kappa shape index (κ1) is 12.2. The molecule has 0 unspecified atom stereocenters. The molecule has 0 saturated carbocycles. The smallest absolute Gasteiger partial charge is 0.320 e. The van der Waals surface area contributed by atoms with Crippen molar-refractivity contribution >= 4 is 11.8 Å². The molecular formula is C13H16N4O. The van der Waals surface area contributed by atoms with Crippen LogP contribution in [-0.2, 0) is 7.05 Å². The molecule has 0 aliphatic carbocycles. The highest BCUT2D eigenvalue weighted by molar-refractivity contribution is 5.88. The van der Waals surface area contributed by atoms with Crippen LogP contribution in [0.1, 0.15) is 6.92 Å². The Morgan fingerprint density at radius 3 is 2.72 bits per heavy atom. The second-order valence-corrected chi connectivity index (χ2v) is 3.89. The molecule has 2 aromatic rings. The summed E-state index contributed by atoms with van der Waals surface area (Å²) in [4.78, 5) is 11.4. The van der Waals surface area contributed by atoms with Gasteiger partial charge in [-0.3, -0.25) is 10.00 Å². The number of aromatic nitrogens is 2. The van der Waals surface area contributed by atoms with E-state index in [0.717, 1.165) is 11.3 Å². The zero-order valence-electron chi connectivity index (χ0n) is 10.5. The molecule has 2 N–H and O–H groups in total. The molecule has 5 nitrogen and oxygen atoms in total. The fraction of sp³-hybridized carbons (Fsp3) is 0.231. The lowest BCUT2D eigenvalue weighted by Crippen LogP contribution is -2.28. The third-order valence-corrected chi connectivity index (χ3v) is 2.53. The zero-order chi connectivity index (χ0) is 13.0. The molecule has 0 aliphatic rings. The molecule has 94 valence electrons. The first-order valence-electron chi connectivity index (χ1n) is 5.85. The first-order chi connectivity index (χ1) is 8.70. The summed E-state index contributed by atoms with van der Waals surface area (Å²) in [6.45, 7) is 2.46. The van der Waals surface area contributed by atoms with Gasteiger partial charge in [-0.2, -0.15) is 5.10 Å². The van der Waals surface area contributed by atoms with E-state index in [4.69, 9.17) is 0 Å². The molecule has 5 heteroatoms. The summed E-state index contributed by atoms with van der Waals surface area (Å²) < 4.78 is 1.75. The minimum Gasteiger partial charge on any atom is -0.338 e. The molecule has 0 aliphatic heterocycles. The summed E-state index contributed by atoms with van der Waals surface area (Å²) in [5.41, 5.74) is 2.03. The van der Waals surface area contributed by atoms with Gasteiger partial charge in [-0.1, -0.05) is 30.3 Å². The number of carbonyl (C=O) groups excluding carboxylic acids is 1.